The maximum absolute atomic E-state index is 12.5. The van der Waals surface area contributed by atoms with Gasteiger partial charge in [-0.15, -0.1) is 22.7 Å². The van der Waals surface area contributed by atoms with E-state index in [1.54, 1.807) is 23.0 Å². The van der Waals surface area contributed by atoms with Crippen LogP contribution < -0.4 is 5.32 Å². The second-order valence-electron chi connectivity index (χ2n) is 5.70. The third kappa shape index (κ3) is 3.61. The molecule has 1 unspecified atom stereocenters. The lowest BCUT2D eigenvalue weighted by Gasteiger charge is -2.13. The van der Waals surface area contributed by atoms with Crippen LogP contribution >= 0.6 is 22.7 Å². The van der Waals surface area contributed by atoms with Gasteiger partial charge in [0.25, 0.3) is 5.91 Å². The first-order chi connectivity index (χ1) is 12.8. The minimum absolute atomic E-state index is 0.00109. The number of rotatable bonds is 6. The highest BCUT2D eigenvalue weighted by Crippen LogP contribution is 2.28. The van der Waals surface area contributed by atoms with Crippen molar-refractivity contribution in [1.29, 1.82) is 0 Å². The van der Waals surface area contributed by atoms with E-state index in [9.17, 15) is 4.79 Å². The summed E-state index contributed by atoms with van der Waals surface area (Å²) in [5.41, 5.74) is 1.46. The van der Waals surface area contributed by atoms with Gasteiger partial charge in [0.2, 0.25) is 0 Å². The van der Waals surface area contributed by atoms with Crippen LogP contribution in [0.3, 0.4) is 0 Å². The van der Waals surface area contributed by atoms with Gasteiger partial charge in [-0.25, -0.2) is 4.98 Å². The van der Waals surface area contributed by atoms with Crippen molar-refractivity contribution in [3.63, 3.8) is 0 Å². The summed E-state index contributed by atoms with van der Waals surface area (Å²) in [6.07, 6.45) is 1.66. The number of aromatic nitrogens is 1. The van der Waals surface area contributed by atoms with Gasteiger partial charge in [0, 0.05) is 22.4 Å². The molecule has 1 atom stereocenters. The zero-order valence-electron chi connectivity index (χ0n) is 13.8. The summed E-state index contributed by atoms with van der Waals surface area (Å²) in [6, 6.07) is 17.7. The van der Waals surface area contributed by atoms with Gasteiger partial charge in [-0.1, -0.05) is 36.4 Å². The summed E-state index contributed by atoms with van der Waals surface area (Å²) in [5.74, 6) is 0.675. The molecule has 0 spiro atoms. The largest absolute Gasteiger partial charge is 0.469 e. The molecule has 1 amide bonds. The Bertz CT molecular complexity index is 926. The van der Waals surface area contributed by atoms with Crippen LogP contribution in [0, 0.1) is 0 Å². The predicted octanol–water partition coefficient (Wildman–Crippen LogP) is 5.03. The zero-order chi connectivity index (χ0) is 17.8. The van der Waals surface area contributed by atoms with Crippen molar-refractivity contribution in [1.82, 2.24) is 10.3 Å². The number of hydrogen-bond acceptors (Lipinski definition) is 5. The smallest absolute Gasteiger partial charge is 0.270 e. The maximum Gasteiger partial charge on any atom is 0.270 e. The number of carbonyl (C=O) groups excluding carboxylic acids is 1. The molecule has 0 radical (unpaired) electrons. The molecule has 3 heterocycles. The van der Waals surface area contributed by atoms with Crippen LogP contribution in [0.5, 0.6) is 0 Å². The first-order valence-electron chi connectivity index (χ1n) is 8.17. The maximum atomic E-state index is 12.5. The van der Waals surface area contributed by atoms with E-state index in [4.69, 9.17) is 4.42 Å². The Morgan fingerprint density at radius 3 is 2.69 bits per heavy atom. The standard InChI is InChI=1S/C20H16N2O2S2/c23-19(16-13-26-20(22-16)14-6-2-1-3-7-14)21-12-15(17-8-4-10-24-17)18-9-5-11-25-18/h1-11,13,15H,12H2,(H,21,23). The Hall–Kier alpha value is -2.70. The third-order valence-electron chi connectivity index (χ3n) is 4.00. The molecule has 4 aromatic rings. The van der Waals surface area contributed by atoms with Gasteiger partial charge in [0.1, 0.15) is 16.5 Å². The van der Waals surface area contributed by atoms with E-state index in [1.807, 2.05) is 53.9 Å². The number of nitrogens with one attached hydrogen (secondary N) is 1. The molecule has 26 heavy (non-hydrogen) atoms. The number of carbonyl (C=O) groups is 1. The fraction of sp³-hybridized carbons (Fsp3) is 0.100. The lowest BCUT2D eigenvalue weighted by atomic mass is 10.0. The van der Waals surface area contributed by atoms with E-state index in [-0.39, 0.29) is 11.8 Å². The molecule has 4 rings (SSSR count). The molecule has 0 saturated heterocycles. The SMILES string of the molecule is O=C(NCC(c1ccco1)c1cccs1)c1csc(-c2ccccc2)n1. The summed E-state index contributed by atoms with van der Waals surface area (Å²) in [7, 11) is 0. The fourth-order valence-electron chi connectivity index (χ4n) is 2.70. The average Bonchev–Trinajstić information content (AvgIpc) is 3.44. The topological polar surface area (TPSA) is 55.1 Å². The molecule has 0 fully saturated rings. The molecule has 0 aliphatic rings. The van der Waals surface area contributed by atoms with Gasteiger partial charge in [0.05, 0.1) is 12.2 Å². The number of hydrogen-bond donors (Lipinski definition) is 1. The van der Waals surface area contributed by atoms with Crippen LogP contribution in [0.1, 0.15) is 27.0 Å². The lowest BCUT2D eigenvalue weighted by molar-refractivity contribution is 0.0947. The highest BCUT2D eigenvalue weighted by Gasteiger charge is 2.20. The molecule has 0 aliphatic heterocycles. The summed E-state index contributed by atoms with van der Waals surface area (Å²) in [5, 5.41) is 7.66. The van der Waals surface area contributed by atoms with Crippen LogP contribution in [0.2, 0.25) is 0 Å². The van der Waals surface area contributed by atoms with Crippen molar-refractivity contribution in [2.45, 2.75) is 5.92 Å². The second kappa shape index (κ2) is 7.68. The van der Waals surface area contributed by atoms with Crippen molar-refractivity contribution in [2.75, 3.05) is 6.54 Å². The van der Waals surface area contributed by atoms with E-state index < -0.39 is 0 Å². The van der Waals surface area contributed by atoms with Gasteiger partial charge in [-0.05, 0) is 23.6 Å². The Kier molecular flexibility index (Phi) is 4.95. The Labute approximate surface area is 159 Å². The summed E-state index contributed by atoms with van der Waals surface area (Å²) in [6.45, 7) is 0.463. The molecule has 130 valence electrons. The van der Waals surface area contributed by atoms with Crippen LogP contribution in [-0.4, -0.2) is 17.4 Å². The quantitative estimate of drug-likeness (QED) is 0.511. The molecule has 1 aromatic carbocycles. The number of amides is 1. The summed E-state index contributed by atoms with van der Waals surface area (Å²) < 4.78 is 5.56. The van der Waals surface area contributed by atoms with E-state index in [2.05, 4.69) is 16.4 Å². The van der Waals surface area contributed by atoms with Gasteiger partial charge in [0.15, 0.2) is 0 Å². The Balaban J connectivity index is 1.47. The predicted molar refractivity (Wildman–Crippen MR) is 105 cm³/mol. The first-order valence-corrected chi connectivity index (χ1v) is 9.93. The van der Waals surface area contributed by atoms with Crippen molar-refractivity contribution < 1.29 is 9.21 Å². The minimum atomic E-state index is -0.170. The van der Waals surface area contributed by atoms with Crippen molar-refractivity contribution in [3.05, 3.63) is 88.0 Å². The number of nitrogens with zero attached hydrogens (tertiary/aromatic N) is 1. The number of thiazole rings is 1. The molecular weight excluding hydrogens is 364 g/mol. The monoisotopic (exact) mass is 380 g/mol. The fourth-order valence-corrected chi connectivity index (χ4v) is 4.34. The molecular formula is C20H16N2O2S2. The molecule has 4 nitrogen and oxygen atoms in total. The molecule has 3 aromatic heterocycles. The summed E-state index contributed by atoms with van der Waals surface area (Å²) >= 11 is 3.13. The van der Waals surface area contributed by atoms with Crippen molar-refractivity contribution in [2.24, 2.45) is 0 Å². The molecule has 0 saturated carbocycles. The molecule has 6 heteroatoms. The lowest BCUT2D eigenvalue weighted by Crippen LogP contribution is -2.28. The number of furan rings is 1. The highest BCUT2D eigenvalue weighted by molar-refractivity contribution is 7.13. The highest BCUT2D eigenvalue weighted by atomic mass is 32.1. The molecule has 1 N–H and O–H groups in total. The Morgan fingerprint density at radius 1 is 1.08 bits per heavy atom. The van der Waals surface area contributed by atoms with Gasteiger partial charge >= 0.3 is 0 Å². The normalized spacial score (nSPS) is 12.0. The molecule has 0 aliphatic carbocycles. The van der Waals surface area contributed by atoms with E-state index in [0.29, 0.717) is 12.2 Å². The van der Waals surface area contributed by atoms with Gasteiger partial charge < -0.3 is 9.73 Å². The average molecular weight is 380 g/mol. The van der Waals surface area contributed by atoms with E-state index in [0.717, 1.165) is 21.2 Å². The Morgan fingerprint density at radius 2 is 1.96 bits per heavy atom. The van der Waals surface area contributed by atoms with Crippen molar-refractivity contribution >= 4 is 28.6 Å². The summed E-state index contributed by atoms with van der Waals surface area (Å²) in [4.78, 5) is 18.2. The van der Waals surface area contributed by atoms with E-state index >= 15 is 0 Å². The second-order valence-corrected chi connectivity index (χ2v) is 7.53. The van der Waals surface area contributed by atoms with Crippen LogP contribution in [-0.2, 0) is 0 Å². The van der Waals surface area contributed by atoms with Gasteiger partial charge in [-0.2, -0.15) is 0 Å². The van der Waals surface area contributed by atoms with Crippen LogP contribution in [0.15, 0.2) is 76.0 Å². The van der Waals surface area contributed by atoms with Crippen LogP contribution in [0.4, 0.5) is 0 Å². The van der Waals surface area contributed by atoms with Crippen LogP contribution in [0.25, 0.3) is 10.6 Å². The van der Waals surface area contributed by atoms with Gasteiger partial charge in [-0.3, -0.25) is 4.79 Å². The first kappa shape index (κ1) is 16.8. The van der Waals surface area contributed by atoms with Crippen molar-refractivity contribution in [3.8, 4) is 10.6 Å². The molecule has 0 bridgehead atoms. The number of benzene rings is 1. The number of thiophene rings is 1. The van der Waals surface area contributed by atoms with E-state index in [1.165, 1.54) is 11.3 Å². The zero-order valence-corrected chi connectivity index (χ0v) is 15.4. The minimum Gasteiger partial charge on any atom is -0.469 e. The third-order valence-corrected chi connectivity index (χ3v) is 5.87.